The molecule has 4 rings (SSSR count). The maximum atomic E-state index is 12.9. The fraction of sp³-hybridized carbons (Fsp3) is 0.588. The van der Waals surface area contributed by atoms with E-state index in [2.05, 4.69) is 22.3 Å². The van der Waals surface area contributed by atoms with Gasteiger partial charge in [-0.25, -0.2) is 0 Å². The number of hydrogen-bond acceptors (Lipinski definition) is 3. The van der Waals surface area contributed by atoms with E-state index >= 15 is 0 Å². The molecule has 0 bridgehead atoms. The van der Waals surface area contributed by atoms with Crippen LogP contribution in [0.25, 0.3) is 0 Å². The van der Waals surface area contributed by atoms with Crippen LogP contribution in [0.4, 0.5) is 5.69 Å². The zero-order chi connectivity index (χ0) is 14.2. The molecule has 1 saturated carbocycles. The van der Waals surface area contributed by atoms with Crippen molar-refractivity contribution in [3.8, 4) is 0 Å². The van der Waals surface area contributed by atoms with Gasteiger partial charge in [-0.1, -0.05) is 18.2 Å². The van der Waals surface area contributed by atoms with Crippen LogP contribution in [0.2, 0.25) is 0 Å². The normalized spacial score (nSPS) is 27.2. The van der Waals surface area contributed by atoms with Crippen LogP contribution in [0, 0.1) is 5.92 Å². The van der Waals surface area contributed by atoms with E-state index in [1.165, 1.54) is 18.4 Å². The average Bonchev–Trinajstić information content (AvgIpc) is 3.04. The zero-order valence-corrected chi connectivity index (χ0v) is 12.3. The second-order valence-electron chi connectivity index (χ2n) is 6.51. The number of nitrogens with zero attached hydrogens (tertiary/aromatic N) is 1. The van der Waals surface area contributed by atoms with Crippen LogP contribution in [0.15, 0.2) is 24.3 Å². The van der Waals surface area contributed by atoms with Crippen molar-refractivity contribution in [3.05, 3.63) is 29.8 Å². The summed E-state index contributed by atoms with van der Waals surface area (Å²) in [4.78, 5) is 15.0. The molecule has 1 aromatic carbocycles. The van der Waals surface area contributed by atoms with E-state index in [0.29, 0.717) is 12.0 Å². The lowest BCUT2D eigenvalue weighted by molar-refractivity contribution is -0.133. The Morgan fingerprint density at radius 3 is 2.86 bits per heavy atom. The van der Waals surface area contributed by atoms with Gasteiger partial charge in [0.15, 0.2) is 0 Å². The molecule has 1 saturated heterocycles. The molecule has 4 heteroatoms. The topological polar surface area (TPSA) is 41.6 Å². The van der Waals surface area contributed by atoms with E-state index in [1.54, 1.807) is 0 Å². The molecule has 1 N–H and O–H groups in total. The van der Waals surface area contributed by atoms with Crippen LogP contribution in [0.5, 0.6) is 0 Å². The Morgan fingerprint density at radius 1 is 1.29 bits per heavy atom. The number of fused-ring (bicyclic) bond motifs is 1. The fourth-order valence-electron chi connectivity index (χ4n) is 3.46. The highest BCUT2D eigenvalue weighted by atomic mass is 16.5. The first-order valence-electron chi connectivity index (χ1n) is 8.04. The van der Waals surface area contributed by atoms with Crippen LogP contribution in [-0.2, 0) is 16.0 Å². The molecule has 1 unspecified atom stereocenters. The molecule has 112 valence electrons. The van der Waals surface area contributed by atoms with Crippen molar-refractivity contribution in [2.24, 2.45) is 5.92 Å². The highest BCUT2D eigenvalue weighted by Gasteiger charge is 2.39. The summed E-state index contributed by atoms with van der Waals surface area (Å²) in [6, 6.07) is 8.64. The number of nitrogens with one attached hydrogen (secondary N) is 1. The van der Waals surface area contributed by atoms with Crippen LogP contribution in [0.1, 0.15) is 24.8 Å². The van der Waals surface area contributed by atoms with Gasteiger partial charge in [-0.3, -0.25) is 4.79 Å². The molecule has 1 amide bonds. The van der Waals surface area contributed by atoms with Gasteiger partial charge in [0.25, 0.3) is 0 Å². The zero-order valence-electron chi connectivity index (χ0n) is 12.3. The maximum absolute atomic E-state index is 12.9. The molecule has 1 aliphatic carbocycles. The lowest BCUT2D eigenvalue weighted by Gasteiger charge is -2.28. The number of para-hydroxylation sites is 1. The monoisotopic (exact) mass is 286 g/mol. The van der Waals surface area contributed by atoms with Gasteiger partial charge in [-0.05, 0) is 30.9 Å². The molecule has 2 atom stereocenters. The van der Waals surface area contributed by atoms with E-state index in [4.69, 9.17) is 4.74 Å². The summed E-state index contributed by atoms with van der Waals surface area (Å²) in [5.41, 5.74) is 2.38. The number of amides is 1. The molecule has 21 heavy (non-hydrogen) atoms. The first-order valence-corrected chi connectivity index (χ1v) is 8.04. The maximum Gasteiger partial charge on any atom is 0.245 e. The summed E-state index contributed by atoms with van der Waals surface area (Å²) in [5.74, 6) is 0.805. The Balaban J connectivity index is 1.45. The molecular formula is C17H22N2O2. The molecule has 0 spiro atoms. The van der Waals surface area contributed by atoms with E-state index in [-0.39, 0.29) is 11.9 Å². The van der Waals surface area contributed by atoms with Crippen LogP contribution < -0.4 is 5.32 Å². The Hall–Kier alpha value is -1.55. The number of ether oxygens (including phenoxy) is 1. The van der Waals surface area contributed by atoms with Crippen molar-refractivity contribution in [3.63, 3.8) is 0 Å². The summed E-state index contributed by atoms with van der Waals surface area (Å²) in [5, 5.41) is 3.40. The van der Waals surface area contributed by atoms with Gasteiger partial charge in [0.05, 0.1) is 6.61 Å². The number of benzene rings is 1. The largest absolute Gasteiger partial charge is 0.381 e. The van der Waals surface area contributed by atoms with Crippen molar-refractivity contribution in [1.82, 2.24) is 4.90 Å². The van der Waals surface area contributed by atoms with Gasteiger partial charge in [0.2, 0.25) is 5.91 Å². The lowest BCUT2D eigenvalue weighted by Crippen LogP contribution is -2.45. The van der Waals surface area contributed by atoms with Gasteiger partial charge in [-0.15, -0.1) is 0 Å². The van der Waals surface area contributed by atoms with Crippen LogP contribution >= 0.6 is 0 Å². The lowest BCUT2D eigenvalue weighted by atomic mass is 10.1. The molecule has 0 radical (unpaired) electrons. The van der Waals surface area contributed by atoms with Crippen molar-refractivity contribution >= 4 is 11.6 Å². The van der Waals surface area contributed by atoms with E-state index in [0.717, 1.165) is 38.3 Å². The summed E-state index contributed by atoms with van der Waals surface area (Å²) in [6.45, 7) is 2.54. The third-order valence-electron chi connectivity index (χ3n) is 4.82. The number of carbonyl (C=O) groups excluding carboxylic acids is 1. The Bertz CT molecular complexity index is 510. The van der Waals surface area contributed by atoms with Gasteiger partial charge >= 0.3 is 0 Å². The molecule has 1 aromatic rings. The van der Waals surface area contributed by atoms with Crippen LogP contribution in [0.3, 0.4) is 0 Å². The highest BCUT2D eigenvalue weighted by molar-refractivity contribution is 5.88. The van der Waals surface area contributed by atoms with E-state index in [9.17, 15) is 4.79 Å². The van der Waals surface area contributed by atoms with E-state index in [1.807, 2.05) is 12.1 Å². The Kier molecular flexibility index (Phi) is 3.34. The summed E-state index contributed by atoms with van der Waals surface area (Å²) in [6.07, 6.45) is 4.24. The van der Waals surface area contributed by atoms with Gasteiger partial charge < -0.3 is 15.0 Å². The minimum atomic E-state index is -0.0784. The number of anilines is 1. The van der Waals surface area contributed by atoms with Crippen molar-refractivity contribution in [2.75, 3.05) is 25.1 Å². The predicted octanol–water partition coefficient (Wildman–Crippen LogP) is 2.05. The predicted molar refractivity (Wildman–Crippen MR) is 81.2 cm³/mol. The average molecular weight is 286 g/mol. The second kappa shape index (κ2) is 5.34. The second-order valence-corrected chi connectivity index (χ2v) is 6.51. The molecule has 4 nitrogen and oxygen atoms in total. The number of hydrogen-bond donors (Lipinski definition) is 1. The summed E-state index contributed by atoms with van der Waals surface area (Å²) >= 11 is 0. The standard InChI is InChI=1S/C17H22N2O2/c20-17(16-9-13-3-1-2-4-15(13)18-16)19(14-5-6-14)10-12-7-8-21-11-12/h1-4,12,14,16,18H,5-11H2/t12?,16-/m0/s1. The van der Waals surface area contributed by atoms with Gasteiger partial charge in [0, 0.05) is 37.2 Å². The number of carbonyl (C=O) groups is 1. The quantitative estimate of drug-likeness (QED) is 0.921. The van der Waals surface area contributed by atoms with Crippen LogP contribution in [-0.4, -0.2) is 42.6 Å². The van der Waals surface area contributed by atoms with Gasteiger partial charge in [-0.2, -0.15) is 0 Å². The summed E-state index contributed by atoms with van der Waals surface area (Å²) < 4.78 is 5.46. The molecule has 3 aliphatic rings. The molecule has 0 aromatic heterocycles. The third kappa shape index (κ3) is 2.64. The van der Waals surface area contributed by atoms with Gasteiger partial charge in [0.1, 0.15) is 6.04 Å². The Labute approximate surface area is 125 Å². The van der Waals surface area contributed by atoms with Crippen molar-refractivity contribution in [2.45, 2.75) is 37.8 Å². The highest BCUT2D eigenvalue weighted by Crippen LogP contribution is 2.32. The van der Waals surface area contributed by atoms with E-state index < -0.39 is 0 Å². The Morgan fingerprint density at radius 2 is 2.14 bits per heavy atom. The SMILES string of the molecule is O=C([C@@H]1Cc2ccccc2N1)N(CC1CCOC1)C1CC1. The molecule has 2 aliphatic heterocycles. The molecular weight excluding hydrogens is 264 g/mol. The molecule has 2 heterocycles. The number of rotatable bonds is 4. The fourth-order valence-corrected chi connectivity index (χ4v) is 3.46. The first-order chi connectivity index (χ1) is 10.3. The van der Waals surface area contributed by atoms with Crippen molar-refractivity contribution in [1.29, 1.82) is 0 Å². The first kappa shape index (κ1) is 13.1. The smallest absolute Gasteiger partial charge is 0.245 e. The summed E-state index contributed by atoms with van der Waals surface area (Å²) in [7, 11) is 0. The van der Waals surface area contributed by atoms with Crippen molar-refractivity contribution < 1.29 is 9.53 Å². The minimum Gasteiger partial charge on any atom is -0.381 e. The molecule has 2 fully saturated rings. The minimum absolute atomic E-state index is 0.0784. The third-order valence-corrected chi connectivity index (χ3v) is 4.82.